The number of amides is 1. The van der Waals surface area contributed by atoms with Gasteiger partial charge in [0.25, 0.3) is 11.5 Å². The second-order valence-electron chi connectivity index (χ2n) is 7.39. The van der Waals surface area contributed by atoms with Crippen molar-refractivity contribution in [3.8, 4) is 11.3 Å². The quantitative estimate of drug-likeness (QED) is 0.679. The molecule has 3 heterocycles. The van der Waals surface area contributed by atoms with E-state index in [0.717, 1.165) is 24.6 Å². The van der Waals surface area contributed by atoms with Gasteiger partial charge >= 0.3 is 0 Å². The van der Waals surface area contributed by atoms with Gasteiger partial charge in [-0.15, -0.1) is 0 Å². The molecule has 1 aliphatic rings. The molecular formula is C23H25N5O2. The van der Waals surface area contributed by atoms with Gasteiger partial charge < -0.3 is 15.2 Å². The smallest absolute Gasteiger partial charge is 0.271 e. The van der Waals surface area contributed by atoms with Gasteiger partial charge in [0.15, 0.2) is 0 Å². The van der Waals surface area contributed by atoms with E-state index >= 15 is 0 Å². The zero-order valence-electron chi connectivity index (χ0n) is 17.0. The Balaban J connectivity index is 1.52. The monoisotopic (exact) mass is 403 g/mol. The minimum Gasteiger partial charge on any atom is -0.372 e. The van der Waals surface area contributed by atoms with Crippen molar-refractivity contribution in [1.29, 1.82) is 0 Å². The lowest BCUT2D eigenvalue weighted by molar-refractivity contribution is 0.102. The molecule has 0 saturated carbocycles. The summed E-state index contributed by atoms with van der Waals surface area (Å²) in [6.45, 7) is 4.08. The normalized spacial score (nSPS) is 13.8. The minimum atomic E-state index is -0.359. The molecule has 7 nitrogen and oxygen atoms in total. The molecule has 0 radical (unpaired) electrons. The van der Waals surface area contributed by atoms with Crippen molar-refractivity contribution in [1.82, 2.24) is 15.0 Å². The highest BCUT2D eigenvalue weighted by Gasteiger charge is 2.14. The van der Waals surface area contributed by atoms with Crippen molar-refractivity contribution >= 4 is 17.3 Å². The topological polar surface area (TPSA) is 91.0 Å². The van der Waals surface area contributed by atoms with Crippen LogP contribution in [0, 0.1) is 0 Å². The third-order valence-corrected chi connectivity index (χ3v) is 5.32. The van der Waals surface area contributed by atoms with Crippen LogP contribution in [0.4, 0.5) is 11.4 Å². The summed E-state index contributed by atoms with van der Waals surface area (Å²) in [5.41, 5.74) is 2.87. The van der Waals surface area contributed by atoms with Gasteiger partial charge in [-0.25, -0.2) is 9.97 Å². The Morgan fingerprint density at radius 2 is 1.90 bits per heavy atom. The van der Waals surface area contributed by atoms with E-state index in [2.05, 4.69) is 25.2 Å². The molecule has 1 saturated heterocycles. The second kappa shape index (κ2) is 8.90. The van der Waals surface area contributed by atoms with Gasteiger partial charge in [-0.1, -0.05) is 6.92 Å². The molecule has 30 heavy (non-hydrogen) atoms. The van der Waals surface area contributed by atoms with E-state index < -0.39 is 0 Å². The van der Waals surface area contributed by atoms with Crippen LogP contribution in [0.25, 0.3) is 11.3 Å². The second-order valence-corrected chi connectivity index (χ2v) is 7.39. The molecular weight excluding hydrogens is 378 g/mol. The lowest BCUT2D eigenvalue weighted by atomic mass is 10.1. The first-order valence-corrected chi connectivity index (χ1v) is 10.4. The van der Waals surface area contributed by atoms with Crippen LogP contribution in [0.1, 0.15) is 42.4 Å². The Hall–Kier alpha value is -3.48. The van der Waals surface area contributed by atoms with Gasteiger partial charge in [-0.05, 0) is 55.7 Å². The van der Waals surface area contributed by atoms with E-state index in [4.69, 9.17) is 0 Å². The van der Waals surface area contributed by atoms with Crippen molar-refractivity contribution in [2.45, 2.75) is 32.6 Å². The summed E-state index contributed by atoms with van der Waals surface area (Å²) in [4.78, 5) is 38.6. The summed E-state index contributed by atoms with van der Waals surface area (Å²) in [7, 11) is 0. The third-order valence-electron chi connectivity index (χ3n) is 5.32. The number of anilines is 2. The Kier molecular flexibility index (Phi) is 5.88. The van der Waals surface area contributed by atoms with E-state index in [-0.39, 0.29) is 17.2 Å². The number of hydrogen-bond donors (Lipinski definition) is 2. The van der Waals surface area contributed by atoms with Crippen LogP contribution in [-0.2, 0) is 6.42 Å². The molecule has 0 bridgehead atoms. The van der Waals surface area contributed by atoms with Crippen LogP contribution in [-0.4, -0.2) is 33.9 Å². The van der Waals surface area contributed by atoms with Gasteiger partial charge in [0.05, 0.1) is 5.69 Å². The number of aromatic amines is 1. The first-order chi connectivity index (χ1) is 14.6. The molecule has 1 fully saturated rings. The summed E-state index contributed by atoms with van der Waals surface area (Å²) >= 11 is 0. The maximum atomic E-state index is 12.7. The number of carbonyl (C=O) groups excluding carboxylic acids is 1. The molecule has 0 unspecified atom stereocenters. The molecule has 1 aliphatic heterocycles. The average molecular weight is 403 g/mol. The molecule has 0 aliphatic carbocycles. The highest BCUT2D eigenvalue weighted by molar-refractivity contribution is 6.04. The molecule has 7 heteroatoms. The number of hydrogen-bond acceptors (Lipinski definition) is 5. The standard InChI is InChI=1S/C23H25N5O2/c1-2-21-24-11-10-19(26-21)17-14-20(23(30)25-15-17)27-22(29)16-6-8-18(9-7-16)28-12-4-3-5-13-28/h6-11,14-15H,2-5,12-13H2,1H3,(H,25,30)(H,27,29). The summed E-state index contributed by atoms with van der Waals surface area (Å²) < 4.78 is 0. The largest absolute Gasteiger partial charge is 0.372 e. The molecule has 1 aromatic carbocycles. The van der Waals surface area contributed by atoms with Crippen molar-refractivity contribution in [3.63, 3.8) is 0 Å². The van der Waals surface area contributed by atoms with E-state index in [0.29, 0.717) is 23.2 Å². The third kappa shape index (κ3) is 4.40. The summed E-state index contributed by atoms with van der Waals surface area (Å²) in [5, 5.41) is 2.72. The van der Waals surface area contributed by atoms with Crippen molar-refractivity contribution in [3.05, 3.63) is 70.5 Å². The average Bonchev–Trinajstić information content (AvgIpc) is 2.81. The van der Waals surface area contributed by atoms with Crippen LogP contribution in [0.3, 0.4) is 0 Å². The van der Waals surface area contributed by atoms with E-state index in [9.17, 15) is 9.59 Å². The number of carbonyl (C=O) groups is 1. The number of nitrogens with one attached hydrogen (secondary N) is 2. The SMILES string of the molecule is CCc1nccc(-c2c[nH]c(=O)c(NC(=O)c3ccc(N4CCCCC4)cc3)c2)n1. The molecule has 2 aromatic heterocycles. The molecule has 0 atom stereocenters. The van der Waals surface area contributed by atoms with Crippen molar-refractivity contribution < 1.29 is 4.79 Å². The zero-order chi connectivity index (χ0) is 20.9. The predicted molar refractivity (Wildman–Crippen MR) is 118 cm³/mol. The molecule has 2 N–H and O–H groups in total. The van der Waals surface area contributed by atoms with Crippen LogP contribution in [0.15, 0.2) is 53.6 Å². The molecule has 4 rings (SSSR count). The fourth-order valence-corrected chi connectivity index (χ4v) is 3.62. The minimum absolute atomic E-state index is 0.189. The van der Waals surface area contributed by atoms with Crippen molar-refractivity contribution in [2.24, 2.45) is 0 Å². The maximum Gasteiger partial charge on any atom is 0.271 e. The molecule has 154 valence electrons. The van der Waals surface area contributed by atoms with Crippen LogP contribution >= 0.6 is 0 Å². The summed E-state index contributed by atoms with van der Waals surface area (Å²) in [5.74, 6) is 0.401. The Bertz CT molecular complexity index is 1090. The number of benzene rings is 1. The highest BCUT2D eigenvalue weighted by Crippen LogP contribution is 2.21. The summed E-state index contributed by atoms with van der Waals surface area (Å²) in [6, 6.07) is 10.9. The van der Waals surface area contributed by atoms with Crippen LogP contribution in [0.2, 0.25) is 0 Å². The van der Waals surface area contributed by atoms with Gasteiger partial charge in [0.2, 0.25) is 0 Å². The molecule has 0 spiro atoms. The lowest BCUT2D eigenvalue weighted by Gasteiger charge is -2.28. The molecule has 1 amide bonds. The van der Waals surface area contributed by atoms with Gasteiger partial charge in [-0.3, -0.25) is 9.59 Å². The van der Waals surface area contributed by atoms with E-state index in [1.54, 1.807) is 36.7 Å². The summed E-state index contributed by atoms with van der Waals surface area (Å²) in [6.07, 6.45) is 7.68. The molecule has 3 aromatic rings. The van der Waals surface area contributed by atoms with E-state index in [1.807, 2.05) is 19.1 Å². The van der Waals surface area contributed by atoms with Gasteiger partial charge in [0.1, 0.15) is 11.5 Å². The first kappa shape index (κ1) is 19.8. The predicted octanol–water partition coefficient (Wildman–Crippen LogP) is 3.64. The van der Waals surface area contributed by atoms with Crippen LogP contribution < -0.4 is 15.8 Å². The van der Waals surface area contributed by atoms with Crippen molar-refractivity contribution in [2.75, 3.05) is 23.3 Å². The number of H-pyrrole nitrogens is 1. The van der Waals surface area contributed by atoms with Gasteiger partial charge in [0, 0.05) is 48.7 Å². The maximum absolute atomic E-state index is 12.7. The zero-order valence-corrected chi connectivity index (χ0v) is 17.0. The number of piperidine rings is 1. The number of pyridine rings is 1. The fraction of sp³-hybridized carbons (Fsp3) is 0.304. The number of nitrogens with zero attached hydrogens (tertiary/aromatic N) is 3. The number of aromatic nitrogens is 3. The van der Waals surface area contributed by atoms with E-state index in [1.165, 1.54) is 19.3 Å². The van der Waals surface area contributed by atoms with Crippen LogP contribution in [0.5, 0.6) is 0 Å². The lowest BCUT2D eigenvalue weighted by Crippen LogP contribution is -2.29. The highest BCUT2D eigenvalue weighted by atomic mass is 16.2. The Labute approximate surface area is 175 Å². The first-order valence-electron chi connectivity index (χ1n) is 10.4. The fourth-order valence-electron chi connectivity index (χ4n) is 3.62. The Morgan fingerprint density at radius 1 is 1.13 bits per heavy atom. The van der Waals surface area contributed by atoms with Gasteiger partial charge in [-0.2, -0.15) is 0 Å². The number of aryl methyl sites for hydroxylation is 1. The number of rotatable bonds is 5. The Morgan fingerprint density at radius 3 is 2.63 bits per heavy atom.